The van der Waals surface area contributed by atoms with Crippen LogP contribution in [0.4, 0.5) is 0 Å². The van der Waals surface area contributed by atoms with E-state index in [1.807, 2.05) is 13.8 Å². The lowest BCUT2D eigenvalue weighted by molar-refractivity contribution is -0.142. The molecule has 1 saturated heterocycles. The summed E-state index contributed by atoms with van der Waals surface area (Å²) in [7, 11) is 0. The number of carbonyl (C=O) groups excluding carboxylic acids is 8. The number of aliphatic carboxylic acids is 1. The molecule has 422 valence electrons. The van der Waals surface area contributed by atoms with E-state index in [1.165, 1.54) is 30.4 Å². The molecule has 1 aliphatic heterocycles. The van der Waals surface area contributed by atoms with E-state index in [1.54, 1.807) is 0 Å². The van der Waals surface area contributed by atoms with E-state index in [-0.39, 0.29) is 70.7 Å². The molecule has 29 heteroatoms. The predicted octanol–water partition coefficient (Wildman–Crippen LogP) is -6.07. The maximum absolute atomic E-state index is 14.2. The Morgan fingerprint density at radius 1 is 0.827 bits per heavy atom. The van der Waals surface area contributed by atoms with E-state index in [4.69, 9.17) is 34.4 Å². The van der Waals surface area contributed by atoms with Crippen LogP contribution in [0, 0.1) is 0 Å². The lowest BCUT2D eigenvalue weighted by Gasteiger charge is -2.30. The van der Waals surface area contributed by atoms with E-state index < -0.39 is 120 Å². The molecule has 23 N–H and O–H groups in total. The first-order valence-electron chi connectivity index (χ1n) is 25.3. The Hall–Kier alpha value is -6.79. The van der Waals surface area contributed by atoms with Crippen LogP contribution >= 0.6 is 0 Å². The minimum Gasteiger partial charge on any atom is -0.477 e. The predicted molar refractivity (Wildman–Crippen MR) is 276 cm³/mol. The van der Waals surface area contributed by atoms with Crippen molar-refractivity contribution in [3.05, 3.63) is 30.0 Å². The smallest absolute Gasteiger partial charge is 0.352 e. The number of hydrogen-bond acceptors (Lipinski definition) is 17. The van der Waals surface area contributed by atoms with Gasteiger partial charge in [0, 0.05) is 44.0 Å². The zero-order chi connectivity index (χ0) is 56.0. The van der Waals surface area contributed by atoms with Gasteiger partial charge < -0.3 is 97.0 Å². The summed E-state index contributed by atoms with van der Waals surface area (Å²) in [5, 5.41) is 41.0. The number of aromatic nitrogens is 2. The zero-order valence-corrected chi connectivity index (χ0v) is 43.2. The lowest BCUT2D eigenvalue weighted by Crippen LogP contribution is -2.60. The van der Waals surface area contributed by atoms with E-state index in [0.717, 1.165) is 13.0 Å². The van der Waals surface area contributed by atoms with Crippen LogP contribution in [0.5, 0.6) is 0 Å². The van der Waals surface area contributed by atoms with Gasteiger partial charge in [-0.25, -0.2) is 9.78 Å². The molecule has 2 heterocycles. The topological polar surface area (TPSA) is 491 Å². The van der Waals surface area contributed by atoms with E-state index in [2.05, 4.69) is 57.5 Å². The number of rotatable bonds is 36. The second-order valence-corrected chi connectivity index (χ2v) is 18.4. The summed E-state index contributed by atoms with van der Waals surface area (Å²) in [5.74, 6) is -7.94. The van der Waals surface area contributed by atoms with Crippen molar-refractivity contribution in [3.8, 4) is 0 Å². The maximum atomic E-state index is 14.2. The van der Waals surface area contributed by atoms with Crippen molar-refractivity contribution in [1.29, 1.82) is 0 Å². The maximum Gasteiger partial charge on any atom is 0.352 e. The molecule has 2 rings (SSSR count). The van der Waals surface area contributed by atoms with Gasteiger partial charge in [-0.1, -0.05) is 26.3 Å². The Bertz CT molecular complexity index is 2070. The fraction of sp³-hybridized carbons (Fsp3) is 0.674. The summed E-state index contributed by atoms with van der Waals surface area (Å²) in [6.45, 7) is 5.56. The van der Waals surface area contributed by atoms with Gasteiger partial charge >= 0.3 is 5.97 Å². The van der Waals surface area contributed by atoms with E-state index in [9.17, 15) is 53.4 Å². The molecule has 3 unspecified atom stereocenters. The third kappa shape index (κ3) is 24.0. The van der Waals surface area contributed by atoms with Crippen LogP contribution in [0.3, 0.4) is 0 Å². The minimum atomic E-state index is -1.55. The van der Waals surface area contributed by atoms with Gasteiger partial charge in [-0.3, -0.25) is 43.3 Å². The van der Waals surface area contributed by atoms with Gasteiger partial charge in [-0.2, -0.15) is 0 Å². The van der Waals surface area contributed by atoms with Crippen molar-refractivity contribution in [2.75, 3.05) is 45.8 Å². The number of hydrogen-bond donors (Lipinski definition) is 17. The van der Waals surface area contributed by atoms with Crippen molar-refractivity contribution >= 4 is 59.2 Å². The number of carboxylic acid groups (broad SMARTS) is 1. The summed E-state index contributed by atoms with van der Waals surface area (Å²) in [6, 6.07) is -8.46. The Labute approximate surface area is 436 Å². The van der Waals surface area contributed by atoms with Crippen molar-refractivity contribution in [1.82, 2.24) is 57.4 Å². The fourth-order valence-electron chi connectivity index (χ4n) is 7.70. The Balaban J connectivity index is 2.17. The molecule has 1 aromatic rings. The number of unbranched alkanes of at least 4 members (excludes halogenated alkanes) is 2. The number of nitrogens with zero attached hydrogens (tertiary/aromatic N) is 3. The molecule has 29 nitrogen and oxygen atoms in total. The SMILES string of the molecule is CC(C)NCCCCC(N)C(=O)N[C@H](C(=O)NC(C)C(=O)NCC(=O)N[C@H](CCCN)C(=O)N1CCC[C@H]1C(=O)NC(Cc1cnc[nH]1)C(=O)N[C@@H](CCCCN)C(=O)N/C(=C\CCN=C(N)N)C(=O)O)[C@@H](O)CN. The molecule has 1 aliphatic rings. The van der Waals surface area contributed by atoms with E-state index >= 15 is 0 Å². The summed E-state index contributed by atoms with van der Waals surface area (Å²) in [6.07, 6.45) is 5.88. The third-order valence-electron chi connectivity index (χ3n) is 11.8. The molecule has 1 fully saturated rings. The van der Waals surface area contributed by atoms with Crippen LogP contribution in [0.25, 0.3) is 0 Å². The summed E-state index contributed by atoms with van der Waals surface area (Å²) < 4.78 is 0. The van der Waals surface area contributed by atoms with Crippen LogP contribution in [0.15, 0.2) is 29.3 Å². The average Bonchev–Trinajstić information content (AvgIpc) is 4.09. The number of likely N-dealkylation sites (tertiary alicyclic amines) is 1. The number of aliphatic hydroxyl groups excluding tert-OH is 1. The minimum absolute atomic E-state index is 0.0432. The highest BCUT2D eigenvalue weighted by Gasteiger charge is 2.40. The van der Waals surface area contributed by atoms with Crippen LogP contribution < -0.4 is 76.9 Å². The first-order chi connectivity index (χ1) is 35.6. The van der Waals surface area contributed by atoms with Gasteiger partial charge in [0.15, 0.2) is 5.96 Å². The molecule has 75 heavy (non-hydrogen) atoms. The monoisotopic (exact) mass is 1060 g/mol. The number of aliphatic imine (C=N–C) groups is 1. The number of guanidine groups is 1. The second kappa shape index (κ2) is 34.7. The molecule has 0 spiro atoms. The quantitative estimate of drug-likeness (QED) is 0.0129. The fourth-order valence-corrected chi connectivity index (χ4v) is 7.70. The van der Waals surface area contributed by atoms with Gasteiger partial charge in [0.2, 0.25) is 47.3 Å². The van der Waals surface area contributed by atoms with Gasteiger partial charge in [-0.05, 0) is 90.8 Å². The Kier molecular flexibility index (Phi) is 29.7. The van der Waals surface area contributed by atoms with Crippen LogP contribution in [-0.2, 0) is 49.6 Å². The van der Waals surface area contributed by atoms with Gasteiger partial charge in [0.25, 0.3) is 0 Å². The van der Waals surface area contributed by atoms with Crippen molar-refractivity contribution in [2.24, 2.45) is 39.4 Å². The molecule has 0 aliphatic carbocycles. The van der Waals surface area contributed by atoms with Crippen molar-refractivity contribution in [3.63, 3.8) is 0 Å². The molecule has 1 aromatic heterocycles. The summed E-state index contributed by atoms with van der Waals surface area (Å²) >= 11 is 0. The Morgan fingerprint density at radius 2 is 1.52 bits per heavy atom. The number of carbonyl (C=O) groups is 9. The first kappa shape index (κ1) is 64.3. The molecule has 0 aromatic carbocycles. The van der Waals surface area contributed by atoms with Gasteiger partial charge in [-0.15, -0.1) is 0 Å². The highest BCUT2D eigenvalue weighted by Crippen LogP contribution is 2.20. The first-order valence-corrected chi connectivity index (χ1v) is 25.3. The normalized spacial score (nSPS) is 16.3. The van der Waals surface area contributed by atoms with Gasteiger partial charge in [0.05, 0.1) is 25.0 Å². The average molecular weight is 1060 g/mol. The summed E-state index contributed by atoms with van der Waals surface area (Å²) in [5.41, 5.74) is 33.7. The largest absolute Gasteiger partial charge is 0.477 e. The Morgan fingerprint density at radius 3 is 2.15 bits per heavy atom. The highest BCUT2D eigenvalue weighted by molar-refractivity contribution is 5.99. The van der Waals surface area contributed by atoms with Crippen LogP contribution in [0.2, 0.25) is 0 Å². The third-order valence-corrected chi connectivity index (χ3v) is 11.8. The number of aromatic amines is 1. The van der Waals surface area contributed by atoms with E-state index in [0.29, 0.717) is 43.8 Å². The number of aliphatic hydroxyl groups is 1. The molecule has 8 amide bonds. The number of imidazole rings is 1. The van der Waals surface area contributed by atoms with Crippen molar-refractivity contribution in [2.45, 2.75) is 152 Å². The summed E-state index contributed by atoms with van der Waals surface area (Å²) in [4.78, 5) is 132. The molecule has 8 atom stereocenters. The zero-order valence-electron chi connectivity index (χ0n) is 43.2. The van der Waals surface area contributed by atoms with Gasteiger partial charge in [0.1, 0.15) is 41.9 Å². The molecule has 0 saturated carbocycles. The molecule has 0 bridgehead atoms. The molecular formula is C46H82N18O11. The number of nitrogens with one attached hydrogen (secondary N) is 9. The van der Waals surface area contributed by atoms with Crippen molar-refractivity contribution < 1.29 is 53.4 Å². The number of amides is 8. The standard InChI is InChI=1S/C46H82N18O11/c1-26(2)54-18-7-5-11-29(50)39(68)63-37(35(65)22-49)43(72)58-27(3)38(67)56-24-36(66)59-31(13-8-17-48)44(73)64-20-10-15-34(64)42(71)62-33(21-28-23-53-25-57-28)41(70)60-30(12-4-6-16-47)40(69)61-32(45(74)75)14-9-19-55-46(51)52/h14,23,25-27,29-31,33-35,37,54,65H,4-13,15-22,24,47-50H2,1-3H3,(H,53,57)(H,56,67)(H,58,72)(H,59,66)(H,60,70)(H,61,69)(H,62,71)(H,63,68)(H,74,75)(H4,51,52,55)/b32-14-/t27?,29?,30-,31+,33?,34-,35-,37-/m0/s1. The van der Waals surface area contributed by atoms with Crippen LogP contribution in [0.1, 0.15) is 97.1 Å². The number of H-pyrrole nitrogens is 1. The lowest BCUT2D eigenvalue weighted by atomic mass is 10.1. The number of carboxylic acids is 1. The number of nitrogens with two attached hydrogens (primary N) is 6. The van der Waals surface area contributed by atoms with Crippen LogP contribution in [-0.4, -0.2) is 185 Å². The molecule has 0 radical (unpaired) electrons. The second-order valence-electron chi connectivity index (χ2n) is 18.4. The molecular weight excluding hydrogens is 981 g/mol. The highest BCUT2D eigenvalue weighted by atomic mass is 16.4.